The van der Waals surface area contributed by atoms with Crippen molar-refractivity contribution in [1.82, 2.24) is 10.2 Å². The number of rotatable bonds is 5. The van der Waals surface area contributed by atoms with Gasteiger partial charge in [-0.1, -0.05) is 62.2 Å². The summed E-state index contributed by atoms with van der Waals surface area (Å²) in [6.45, 7) is 5.02. The highest BCUT2D eigenvalue weighted by atomic mass is 35.5. The Bertz CT molecular complexity index is 653. The minimum absolute atomic E-state index is 0.0340. The van der Waals surface area contributed by atoms with Gasteiger partial charge < -0.3 is 5.32 Å². The van der Waals surface area contributed by atoms with Crippen molar-refractivity contribution in [2.75, 3.05) is 14.1 Å². The summed E-state index contributed by atoms with van der Waals surface area (Å²) < 4.78 is 24.0. The van der Waals surface area contributed by atoms with Crippen LogP contribution in [0.5, 0.6) is 0 Å². The molecule has 0 heterocycles. The molecule has 1 aromatic rings. The maximum absolute atomic E-state index is 12.9. The van der Waals surface area contributed by atoms with Crippen molar-refractivity contribution in [3.63, 3.8) is 0 Å². The molecule has 0 saturated heterocycles. The number of hydrogen-bond donors (Lipinski definition) is 1. The maximum Gasteiger partial charge on any atom is 0.226 e. The number of nitrogens with one attached hydrogen (secondary N) is 1. The highest BCUT2D eigenvalue weighted by Crippen LogP contribution is 2.34. The van der Waals surface area contributed by atoms with Crippen molar-refractivity contribution in [2.24, 2.45) is 5.41 Å². The van der Waals surface area contributed by atoms with Crippen LogP contribution in [-0.2, 0) is 14.6 Å². The minimum atomic E-state index is -4.00. The van der Waals surface area contributed by atoms with Crippen LogP contribution in [0.3, 0.4) is 0 Å². The molecule has 1 amide bonds. The molecule has 0 fully saturated rings. The molecule has 5 nitrogen and oxygen atoms in total. The van der Waals surface area contributed by atoms with E-state index in [2.05, 4.69) is 5.32 Å². The molecule has 0 spiro atoms. The lowest BCUT2D eigenvalue weighted by Gasteiger charge is -2.36. The molecule has 0 aliphatic rings. The summed E-state index contributed by atoms with van der Waals surface area (Å²) in [4.78, 5) is 13.7. The van der Waals surface area contributed by atoms with Crippen molar-refractivity contribution < 1.29 is 13.2 Å². The summed E-state index contributed by atoms with van der Waals surface area (Å²) in [7, 11) is -0.920. The Morgan fingerprint density at radius 1 is 1.13 bits per heavy atom. The van der Waals surface area contributed by atoms with Gasteiger partial charge in [0.2, 0.25) is 20.2 Å². The lowest BCUT2D eigenvalue weighted by Crippen LogP contribution is -2.58. The third-order valence-electron chi connectivity index (χ3n) is 3.24. The molecule has 0 radical (unpaired) electrons. The lowest BCUT2D eigenvalue weighted by molar-refractivity contribution is -0.129. The van der Waals surface area contributed by atoms with Crippen LogP contribution in [0.2, 0.25) is 0 Å². The Kier molecular flexibility index (Phi) is 6.13. The fourth-order valence-corrected chi connectivity index (χ4v) is 4.14. The van der Waals surface area contributed by atoms with Gasteiger partial charge >= 0.3 is 0 Å². The van der Waals surface area contributed by atoms with Crippen molar-refractivity contribution >= 4 is 38.9 Å². The number of benzene rings is 1. The van der Waals surface area contributed by atoms with E-state index in [0.717, 1.165) is 0 Å². The van der Waals surface area contributed by atoms with Crippen LogP contribution >= 0.6 is 23.2 Å². The first kappa shape index (κ1) is 20.2. The van der Waals surface area contributed by atoms with Gasteiger partial charge in [-0.2, -0.15) is 0 Å². The molecule has 23 heavy (non-hydrogen) atoms. The van der Waals surface area contributed by atoms with E-state index in [9.17, 15) is 13.2 Å². The molecule has 130 valence electrons. The zero-order valence-electron chi connectivity index (χ0n) is 13.8. The minimum Gasteiger partial charge on any atom is -0.335 e. The second kappa shape index (κ2) is 6.97. The number of alkyl halides is 2. The number of sulfone groups is 1. The third kappa shape index (κ3) is 4.59. The molecule has 1 rings (SSSR count). The summed E-state index contributed by atoms with van der Waals surface area (Å²) in [6.07, 6.45) is 0. The summed E-state index contributed by atoms with van der Waals surface area (Å²) in [5.41, 5.74) is -0.791. The predicted octanol–water partition coefficient (Wildman–Crippen LogP) is 2.64. The predicted molar refractivity (Wildman–Crippen MR) is 93.1 cm³/mol. The van der Waals surface area contributed by atoms with Gasteiger partial charge in [-0.15, -0.1) is 0 Å². The highest BCUT2D eigenvalue weighted by molar-refractivity contribution is 7.92. The number of carbonyl (C=O) groups excluding carboxylic acids is 1. The molecule has 1 aromatic carbocycles. The Morgan fingerprint density at radius 2 is 1.61 bits per heavy atom. The van der Waals surface area contributed by atoms with Crippen molar-refractivity contribution in [3.8, 4) is 0 Å². The largest absolute Gasteiger partial charge is 0.335 e. The van der Waals surface area contributed by atoms with Gasteiger partial charge in [0.15, 0.2) is 5.37 Å². The number of likely N-dealkylation sites (N-methyl/N-ethyl adjacent to an activating group) is 1. The molecular weight excluding hydrogens is 359 g/mol. The Labute approximate surface area is 147 Å². The van der Waals surface area contributed by atoms with E-state index in [1.54, 1.807) is 39.0 Å². The average Bonchev–Trinajstić information content (AvgIpc) is 2.43. The van der Waals surface area contributed by atoms with E-state index in [-0.39, 0.29) is 4.90 Å². The van der Waals surface area contributed by atoms with E-state index in [1.165, 1.54) is 31.1 Å². The first-order valence-corrected chi connectivity index (χ1v) is 9.26. The Hall–Kier alpha value is -0.820. The Balaban J connectivity index is 3.39. The number of carbonyl (C=O) groups is 1. The smallest absolute Gasteiger partial charge is 0.226 e. The highest BCUT2D eigenvalue weighted by Gasteiger charge is 2.48. The van der Waals surface area contributed by atoms with Gasteiger partial charge in [0, 0.05) is 5.41 Å². The molecule has 0 bridgehead atoms. The number of hydrogen-bond acceptors (Lipinski definition) is 4. The van der Waals surface area contributed by atoms with Crippen molar-refractivity contribution in [3.05, 3.63) is 30.3 Å². The van der Waals surface area contributed by atoms with Gasteiger partial charge in [0.25, 0.3) is 0 Å². The summed E-state index contributed by atoms with van der Waals surface area (Å²) >= 11 is 12.5. The molecule has 8 heteroatoms. The normalized spacial score (nSPS) is 14.6. The van der Waals surface area contributed by atoms with Crippen LogP contribution in [-0.4, -0.2) is 43.2 Å². The third-order valence-corrected chi connectivity index (χ3v) is 6.62. The van der Waals surface area contributed by atoms with E-state index < -0.39 is 31.0 Å². The molecule has 0 saturated carbocycles. The molecule has 0 aliphatic heterocycles. The van der Waals surface area contributed by atoms with Gasteiger partial charge in [-0.25, -0.2) is 8.42 Å². The quantitative estimate of drug-likeness (QED) is 0.629. The van der Waals surface area contributed by atoms with Crippen LogP contribution in [0.1, 0.15) is 20.8 Å². The first-order valence-electron chi connectivity index (χ1n) is 6.96. The molecule has 1 atom stereocenters. The van der Waals surface area contributed by atoms with Crippen LogP contribution in [0.15, 0.2) is 35.2 Å². The fraction of sp³-hybridized carbons (Fsp3) is 0.533. The zero-order chi connectivity index (χ0) is 18.1. The van der Waals surface area contributed by atoms with Gasteiger partial charge in [-0.3, -0.25) is 9.69 Å². The van der Waals surface area contributed by atoms with Crippen LogP contribution < -0.4 is 5.32 Å². The van der Waals surface area contributed by atoms with E-state index in [4.69, 9.17) is 23.2 Å². The number of amides is 1. The van der Waals surface area contributed by atoms with Gasteiger partial charge in [-0.05, 0) is 26.2 Å². The summed E-state index contributed by atoms with van der Waals surface area (Å²) in [5, 5.41) is 0.959. The van der Waals surface area contributed by atoms with Gasteiger partial charge in [0.1, 0.15) is 0 Å². The summed E-state index contributed by atoms with van der Waals surface area (Å²) in [5.74, 6) is -0.463. The maximum atomic E-state index is 12.9. The molecule has 0 aliphatic carbocycles. The fourth-order valence-electron chi connectivity index (χ4n) is 1.67. The topological polar surface area (TPSA) is 66.5 Å². The first-order chi connectivity index (χ1) is 10.3. The standard InChI is InChI=1S/C15H22Cl2N2O3S/c1-14(2,3)12(20)18-13(15(16,17)19(4)5)23(21,22)11-9-7-6-8-10-11/h6-10,13H,1-5H3,(H,18,20). The average molecular weight is 381 g/mol. The molecule has 1 unspecified atom stereocenters. The van der Waals surface area contributed by atoms with Gasteiger partial charge in [0.05, 0.1) is 4.90 Å². The number of nitrogens with zero attached hydrogens (tertiary/aromatic N) is 1. The zero-order valence-corrected chi connectivity index (χ0v) is 16.1. The van der Waals surface area contributed by atoms with Crippen molar-refractivity contribution in [2.45, 2.75) is 35.5 Å². The van der Waals surface area contributed by atoms with E-state index >= 15 is 0 Å². The molecular formula is C15H22Cl2N2O3S. The number of halogens is 2. The van der Waals surface area contributed by atoms with E-state index in [1.807, 2.05) is 0 Å². The van der Waals surface area contributed by atoms with Crippen LogP contribution in [0, 0.1) is 5.41 Å². The second-order valence-corrected chi connectivity index (χ2v) is 9.82. The van der Waals surface area contributed by atoms with Crippen LogP contribution in [0.4, 0.5) is 0 Å². The van der Waals surface area contributed by atoms with Crippen molar-refractivity contribution in [1.29, 1.82) is 0 Å². The monoisotopic (exact) mass is 380 g/mol. The SMILES string of the molecule is CN(C)C(Cl)(Cl)C(NC(=O)C(C)(C)C)S(=O)(=O)c1ccccc1. The second-order valence-electron chi connectivity index (χ2n) is 6.44. The Morgan fingerprint density at radius 3 is 2.00 bits per heavy atom. The lowest BCUT2D eigenvalue weighted by atomic mass is 9.96. The summed E-state index contributed by atoms with van der Waals surface area (Å²) in [6, 6.07) is 7.75. The van der Waals surface area contributed by atoms with E-state index in [0.29, 0.717) is 0 Å². The van der Waals surface area contributed by atoms with Crippen LogP contribution in [0.25, 0.3) is 0 Å². The molecule has 1 N–H and O–H groups in total. The molecule has 0 aromatic heterocycles.